The minimum Gasteiger partial charge on any atom is -0.363 e. The molecule has 2 heterocycles. The predicted octanol–water partition coefficient (Wildman–Crippen LogP) is 0.153. The Hall–Kier alpha value is -1.89. The van der Waals surface area contributed by atoms with Crippen molar-refractivity contribution in [2.45, 2.75) is 6.54 Å². The van der Waals surface area contributed by atoms with Crippen LogP contribution in [0.3, 0.4) is 0 Å². The van der Waals surface area contributed by atoms with E-state index >= 15 is 0 Å². The topological polar surface area (TPSA) is 99.3 Å². The Labute approximate surface area is 88.9 Å². The van der Waals surface area contributed by atoms with Gasteiger partial charge in [0.05, 0.1) is 6.54 Å². The van der Waals surface area contributed by atoms with E-state index in [4.69, 9.17) is 11.6 Å². The Kier molecular flexibility index (Phi) is 2.64. The van der Waals surface area contributed by atoms with E-state index < -0.39 is 0 Å². The third kappa shape index (κ3) is 2.53. The molecule has 0 aliphatic rings. The van der Waals surface area contributed by atoms with Crippen molar-refractivity contribution >= 4 is 17.4 Å². The van der Waals surface area contributed by atoms with Crippen LogP contribution in [0.1, 0.15) is 5.82 Å². The van der Waals surface area contributed by atoms with Gasteiger partial charge in [0.25, 0.3) is 0 Å². The maximum atomic E-state index is 10.7. The Morgan fingerprint density at radius 1 is 1.53 bits per heavy atom. The highest BCUT2D eigenvalue weighted by Gasteiger charge is 1.99. The Bertz CT molecular complexity index is 506. The minimum atomic E-state index is -0.340. The molecule has 2 aromatic rings. The van der Waals surface area contributed by atoms with E-state index in [0.29, 0.717) is 18.2 Å². The molecule has 2 rings (SSSR count). The number of hydrogen-bond acceptors (Lipinski definition) is 5. The highest BCUT2D eigenvalue weighted by Crippen LogP contribution is 2.05. The highest BCUT2D eigenvalue weighted by molar-refractivity contribution is 6.28. The Morgan fingerprint density at radius 2 is 2.40 bits per heavy atom. The number of hydrogen-bond donors (Lipinski definition) is 3. The number of aromatic nitrogens is 5. The molecule has 0 aliphatic carbocycles. The van der Waals surface area contributed by atoms with Crippen LogP contribution in [0, 0.1) is 0 Å². The third-order valence-electron chi connectivity index (χ3n) is 1.61. The molecule has 0 aromatic carbocycles. The second-order valence-electron chi connectivity index (χ2n) is 2.69. The van der Waals surface area contributed by atoms with Crippen LogP contribution in [0.2, 0.25) is 5.28 Å². The van der Waals surface area contributed by atoms with E-state index in [0.717, 1.165) is 0 Å². The van der Waals surface area contributed by atoms with Gasteiger partial charge in [0, 0.05) is 6.20 Å². The highest BCUT2D eigenvalue weighted by atomic mass is 35.5. The molecule has 0 spiro atoms. The van der Waals surface area contributed by atoms with Crippen molar-refractivity contribution in [3.63, 3.8) is 0 Å². The molecule has 0 radical (unpaired) electrons. The number of H-pyrrole nitrogens is 2. The fourth-order valence-electron chi connectivity index (χ4n) is 0.997. The van der Waals surface area contributed by atoms with Gasteiger partial charge in [-0.25, -0.2) is 19.9 Å². The summed E-state index contributed by atoms with van der Waals surface area (Å²) >= 11 is 5.59. The zero-order valence-electron chi connectivity index (χ0n) is 7.49. The lowest BCUT2D eigenvalue weighted by Gasteiger charge is -2.01. The molecule has 78 valence electrons. The van der Waals surface area contributed by atoms with Gasteiger partial charge in [-0.3, -0.25) is 4.98 Å². The average Bonchev–Trinajstić information content (AvgIpc) is 2.62. The SMILES string of the molecule is O=c1[nH]nc(CNc2ccnc(Cl)n2)[nH]1. The summed E-state index contributed by atoms with van der Waals surface area (Å²) < 4.78 is 0. The van der Waals surface area contributed by atoms with Crippen LogP contribution in [0.5, 0.6) is 0 Å². The monoisotopic (exact) mass is 226 g/mol. The molecule has 15 heavy (non-hydrogen) atoms. The minimum absolute atomic E-state index is 0.163. The van der Waals surface area contributed by atoms with Crippen molar-refractivity contribution < 1.29 is 0 Å². The molecule has 8 heteroatoms. The molecule has 0 fully saturated rings. The zero-order chi connectivity index (χ0) is 10.7. The second kappa shape index (κ2) is 4.09. The van der Waals surface area contributed by atoms with Crippen LogP contribution in [0.15, 0.2) is 17.1 Å². The van der Waals surface area contributed by atoms with Gasteiger partial charge < -0.3 is 5.32 Å². The van der Waals surface area contributed by atoms with Gasteiger partial charge >= 0.3 is 5.69 Å². The maximum Gasteiger partial charge on any atom is 0.340 e. The first-order valence-corrected chi connectivity index (χ1v) is 4.48. The van der Waals surface area contributed by atoms with Crippen LogP contribution in [-0.4, -0.2) is 25.1 Å². The lowest BCUT2D eigenvalue weighted by molar-refractivity contribution is 0.944. The van der Waals surface area contributed by atoms with Crippen molar-refractivity contribution in [3.05, 3.63) is 33.9 Å². The third-order valence-corrected chi connectivity index (χ3v) is 1.80. The first kappa shape index (κ1) is 9.66. The molecular formula is C7H7ClN6O. The van der Waals surface area contributed by atoms with E-state index in [2.05, 4.69) is 30.5 Å². The molecule has 7 nitrogen and oxygen atoms in total. The van der Waals surface area contributed by atoms with Crippen LogP contribution >= 0.6 is 11.6 Å². The van der Waals surface area contributed by atoms with Crippen molar-refractivity contribution in [3.8, 4) is 0 Å². The van der Waals surface area contributed by atoms with Gasteiger partial charge in [-0.05, 0) is 17.7 Å². The number of nitrogens with one attached hydrogen (secondary N) is 3. The van der Waals surface area contributed by atoms with Crippen LogP contribution in [-0.2, 0) is 6.54 Å². The largest absolute Gasteiger partial charge is 0.363 e. The molecule has 0 aliphatic heterocycles. The lowest BCUT2D eigenvalue weighted by atomic mass is 10.5. The molecular weight excluding hydrogens is 220 g/mol. The van der Waals surface area contributed by atoms with E-state index in [9.17, 15) is 4.79 Å². The number of rotatable bonds is 3. The number of anilines is 1. The summed E-state index contributed by atoms with van der Waals surface area (Å²) in [4.78, 5) is 20.8. The van der Waals surface area contributed by atoms with Crippen LogP contribution in [0.4, 0.5) is 5.82 Å². The molecule has 2 aromatic heterocycles. The first-order chi connectivity index (χ1) is 7.24. The summed E-state index contributed by atoms with van der Waals surface area (Å²) in [7, 11) is 0. The summed E-state index contributed by atoms with van der Waals surface area (Å²) in [6, 6.07) is 1.66. The lowest BCUT2D eigenvalue weighted by Crippen LogP contribution is -2.05. The normalized spacial score (nSPS) is 10.2. The van der Waals surface area contributed by atoms with E-state index in [-0.39, 0.29) is 11.0 Å². The summed E-state index contributed by atoms with van der Waals surface area (Å²) in [6.07, 6.45) is 1.53. The van der Waals surface area contributed by atoms with E-state index in [1.807, 2.05) is 0 Å². The van der Waals surface area contributed by atoms with Crippen LogP contribution in [0.25, 0.3) is 0 Å². The fourth-order valence-corrected chi connectivity index (χ4v) is 1.14. The molecule has 0 unspecified atom stereocenters. The van der Waals surface area contributed by atoms with Crippen molar-refractivity contribution in [2.24, 2.45) is 0 Å². The predicted molar refractivity (Wildman–Crippen MR) is 53.6 cm³/mol. The maximum absolute atomic E-state index is 10.7. The van der Waals surface area contributed by atoms with E-state index in [1.165, 1.54) is 6.20 Å². The molecule has 0 bridgehead atoms. The average molecular weight is 227 g/mol. The molecule has 0 saturated heterocycles. The second-order valence-corrected chi connectivity index (χ2v) is 3.03. The Morgan fingerprint density at radius 3 is 3.07 bits per heavy atom. The quantitative estimate of drug-likeness (QED) is 0.647. The number of halogens is 1. The number of aromatic amines is 2. The molecule has 0 amide bonds. The standard InChI is InChI=1S/C7H7ClN6O/c8-6-9-2-1-4(11-6)10-3-5-12-7(15)14-13-5/h1-2H,3H2,(H,9,10,11)(H2,12,13,14,15). The summed E-state index contributed by atoms with van der Waals surface area (Å²) in [5, 5.41) is 9.07. The van der Waals surface area contributed by atoms with Crippen LogP contribution < -0.4 is 11.0 Å². The first-order valence-electron chi connectivity index (χ1n) is 4.10. The fraction of sp³-hybridized carbons (Fsp3) is 0.143. The molecule has 0 atom stereocenters. The smallest absolute Gasteiger partial charge is 0.340 e. The van der Waals surface area contributed by atoms with Gasteiger partial charge in [0.15, 0.2) is 0 Å². The Balaban J connectivity index is 2.02. The van der Waals surface area contributed by atoms with Gasteiger partial charge in [-0.2, -0.15) is 5.10 Å². The number of nitrogens with zero attached hydrogens (tertiary/aromatic N) is 3. The van der Waals surface area contributed by atoms with E-state index in [1.54, 1.807) is 6.07 Å². The summed E-state index contributed by atoms with van der Waals surface area (Å²) in [5.41, 5.74) is -0.340. The molecule has 3 N–H and O–H groups in total. The van der Waals surface area contributed by atoms with Crippen molar-refractivity contribution in [2.75, 3.05) is 5.32 Å². The summed E-state index contributed by atoms with van der Waals surface area (Å²) in [6.45, 7) is 0.353. The zero-order valence-corrected chi connectivity index (χ0v) is 8.25. The van der Waals surface area contributed by atoms with Gasteiger partial charge in [0.2, 0.25) is 5.28 Å². The summed E-state index contributed by atoms with van der Waals surface area (Å²) in [5.74, 6) is 1.06. The van der Waals surface area contributed by atoms with Crippen molar-refractivity contribution in [1.29, 1.82) is 0 Å². The van der Waals surface area contributed by atoms with Gasteiger partial charge in [-0.15, -0.1) is 0 Å². The van der Waals surface area contributed by atoms with Gasteiger partial charge in [0.1, 0.15) is 11.6 Å². The van der Waals surface area contributed by atoms with Gasteiger partial charge in [-0.1, -0.05) is 0 Å². The molecule has 0 saturated carbocycles. The van der Waals surface area contributed by atoms with Crippen molar-refractivity contribution in [1.82, 2.24) is 25.1 Å².